The zero-order chi connectivity index (χ0) is 13.7. The minimum atomic E-state index is -0.0558. The highest BCUT2D eigenvalue weighted by atomic mass is 16.2. The average Bonchev–Trinajstić information content (AvgIpc) is 3.21. The third-order valence-corrected chi connectivity index (χ3v) is 6.03. The van der Waals surface area contributed by atoms with Crippen LogP contribution in [0.2, 0.25) is 0 Å². The molecule has 0 radical (unpaired) electrons. The molecule has 2 aliphatic carbocycles. The summed E-state index contributed by atoms with van der Waals surface area (Å²) in [6, 6.07) is 0.456. The molecule has 2 amide bonds. The van der Waals surface area contributed by atoms with E-state index >= 15 is 0 Å². The number of nitrogens with zero attached hydrogens (tertiary/aromatic N) is 2. The van der Waals surface area contributed by atoms with Crippen LogP contribution in [0.1, 0.15) is 44.9 Å². The average molecular weight is 276 g/mol. The first-order valence-electron chi connectivity index (χ1n) is 8.30. The van der Waals surface area contributed by atoms with Crippen LogP contribution >= 0.6 is 0 Å². The SMILES string of the molecule is O=C(C1CC(=O)N(C2CC3CCC2C3)C1)N1CCCC1. The summed E-state index contributed by atoms with van der Waals surface area (Å²) in [6.45, 7) is 2.50. The number of carbonyl (C=O) groups excluding carboxylic acids is 2. The molecule has 4 fully saturated rings. The third kappa shape index (κ3) is 1.95. The van der Waals surface area contributed by atoms with Gasteiger partial charge in [-0.05, 0) is 43.9 Å². The van der Waals surface area contributed by atoms with Crippen molar-refractivity contribution in [1.29, 1.82) is 0 Å². The molecule has 4 aliphatic rings. The van der Waals surface area contributed by atoms with E-state index in [-0.39, 0.29) is 17.7 Å². The second-order valence-electron chi connectivity index (χ2n) is 7.22. The number of hydrogen-bond donors (Lipinski definition) is 0. The van der Waals surface area contributed by atoms with Crippen molar-refractivity contribution in [2.24, 2.45) is 17.8 Å². The van der Waals surface area contributed by atoms with Crippen molar-refractivity contribution in [2.75, 3.05) is 19.6 Å². The summed E-state index contributed by atoms with van der Waals surface area (Å²) in [5.74, 6) is 2.00. The fourth-order valence-corrected chi connectivity index (χ4v) is 5.01. The van der Waals surface area contributed by atoms with E-state index in [1.807, 2.05) is 4.90 Å². The Hall–Kier alpha value is -1.06. The van der Waals surface area contributed by atoms with Crippen LogP contribution in [0.25, 0.3) is 0 Å². The lowest BCUT2D eigenvalue weighted by Crippen LogP contribution is -2.41. The molecule has 2 saturated heterocycles. The second kappa shape index (κ2) is 4.74. The molecule has 0 aromatic heterocycles. The molecule has 0 aromatic carbocycles. The Bertz CT molecular complexity index is 430. The standard InChI is InChI=1S/C16H24N2O2/c19-15-9-13(16(20)17-5-1-2-6-17)10-18(15)14-8-11-3-4-12(14)7-11/h11-14H,1-10H2. The number of carbonyl (C=O) groups is 2. The molecular formula is C16H24N2O2. The van der Waals surface area contributed by atoms with Gasteiger partial charge >= 0.3 is 0 Å². The van der Waals surface area contributed by atoms with Gasteiger partial charge in [-0.25, -0.2) is 0 Å². The van der Waals surface area contributed by atoms with Crippen LogP contribution in [0, 0.1) is 17.8 Å². The molecule has 4 rings (SSSR count). The van der Waals surface area contributed by atoms with Crippen LogP contribution in [0.4, 0.5) is 0 Å². The lowest BCUT2D eigenvalue weighted by Gasteiger charge is -2.31. The second-order valence-corrected chi connectivity index (χ2v) is 7.22. The van der Waals surface area contributed by atoms with Crippen molar-refractivity contribution in [3.8, 4) is 0 Å². The van der Waals surface area contributed by atoms with Gasteiger partial charge in [0.1, 0.15) is 0 Å². The summed E-state index contributed by atoms with van der Waals surface area (Å²) in [5, 5.41) is 0. The normalized spacial score (nSPS) is 40.1. The van der Waals surface area contributed by atoms with Crippen molar-refractivity contribution in [1.82, 2.24) is 9.80 Å². The first kappa shape index (κ1) is 12.7. The van der Waals surface area contributed by atoms with E-state index in [0.29, 0.717) is 19.0 Å². The third-order valence-electron chi connectivity index (χ3n) is 6.03. The van der Waals surface area contributed by atoms with E-state index in [2.05, 4.69) is 4.90 Å². The van der Waals surface area contributed by atoms with Gasteiger partial charge in [0.05, 0.1) is 5.92 Å². The van der Waals surface area contributed by atoms with Crippen LogP contribution in [0.15, 0.2) is 0 Å². The van der Waals surface area contributed by atoms with Gasteiger partial charge in [0, 0.05) is 32.1 Å². The lowest BCUT2D eigenvalue weighted by molar-refractivity contribution is -0.134. The van der Waals surface area contributed by atoms with Crippen LogP contribution in [0.3, 0.4) is 0 Å². The van der Waals surface area contributed by atoms with Crippen LogP contribution in [-0.2, 0) is 9.59 Å². The van der Waals surface area contributed by atoms with E-state index in [4.69, 9.17) is 0 Å². The van der Waals surface area contributed by atoms with Crippen LogP contribution in [-0.4, -0.2) is 47.3 Å². The largest absolute Gasteiger partial charge is 0.342 e. The molecule has 2 bridgehead atoms. The minimum Gasteiger partial charge on any atom is -0.342 e. The van der Waals surface area contributed by atoms with Gasteiger partial charge < -0.3 is 9.80 Å². The molecule has 4 nitrogen and oxygen atoms in total. The molecule has 110 valence electrons. The predicted molar refractivity (Wildman–Crippen MR) is 74.9 cm³/mol. The Labute approximate surface area is 120 Å². The monoisotopic (exact) mass is 276 g/mol. The quantitative estimate of drug-likeness (QED) is 0.769. The van der Waals surface area contributed by atoms with Gasteiger partial charge in [-0.2, -0.15) is 0 Å². The fourth-order valence-electron chi connectivity index (χ4n) is 5.01. The number of likely N-dealkylation sites (tertiary alicyclic amines) is 2. The van der Waals surface area contributed by atoms with E-state index in [9.17, 15) is 9.59 Å². The maximum atomic E-state index is 12.5. The molecular weight excluding hydrogens is 252 g/mol. The lowest BCUT2D eigenvalue weighted by atomic mass is 9.94. The summed E-state index contributed by atoms with van der Waals surface area (Å²) in [4.78, 5) is 28.8. The topological polar surface area (TPSA) is 40.6 Å². The van der Waals surface area contributed by atoms with Gasteiger partial charge in [-0.15, -0.1) is 0 Å². The molecule has 2 heterocycles. The smallest absolute Gasteiger partial charge is 0.227 e. The number of amides is 2. The summed E-state index contributed by atoms with van der Waals surface area (Å²) in [7, 11) is 0. The molecule has 0 N–H and O–H groups in total. The summed E-state index contributed by atoms with van der Waals surface area (Å²) < 4.78 is 0. The van der Waals surface area contributed by atoms with Gasteiger partial charge in [0.15, 0.2) is 0 Å². The molecule has 0 aromatic rings. The summed E-state index contributed by atoms with van der Waals surface area (Å²) >= 11 is 0. The summed E-state index contributed by atoms with van der Waals surface area (Å²) in [6.07, 6.45) is 7.89. The maximum absolute atomic E-state index is 12.5. The number of fused-ring (bicyclic) bond motifs is 2. The highest BCUT2D eigenvalue weighted by Gasteiger charge is 2.47. The first-order chi connectivity index (χ1) is 9.72. The Morgan fingerprint density at radius 2 is 1.90 bits per heavy atom. The fraction of sp³-hybridized carbons (Fsp3) is 0.875. The van der Waals surface area contributed by atoms with Crippen molar-refractivity contribution >= 4 is 11.8 Å². The number of hydrogen-bond acceptors (Lipinski definition) is 2. The molecule has 0 spiro atoms. The highest BCUT2D eigenvalue weighted by molar-refractivity contribution is 5.89. The molecule has 4 heteroatoms. The Kier molecular flexibility index (Phi) is 3.00. The first-order valence-corrected chi connectivity index (χ1v) is 8.30. The van der Waals surface area contributed by atoms with Crippen LogP contribution < -0.4 is 0 Å². The predicted octanol–water partition coefficient (Wildman–Crippen LogP) is 1.65. The van der Waals surface area contributed by atoms with E-state index < -0.39 is 0 Å². The zero-order valence-corrected chi connectivity index (χ0v) is 12.1. The van der Waals surface area contributed by atoms with Gasteiger partial charge in [0.2, 0.25) is 11.8 Å². The maximum Gasteiger partial charge on any atom is 0.227 e. The minimum absolute atomic E-state index is 0.0558. The van der Waals surface area contributed by atoms with Gasteiger partial charge in [-0.3, -0.25) is 9.59 Å². The van der Waals surface area contributed by atoms with E-state index in [1.165, 1.54) is 25.7 Å². The highest BCUT2D eigenvalue weighted by Crippen LogP contribution is 2.47. The van der Waals surface area contributed by atoms with Crippen LogP contribution in [0.5, 0.6) is 0 Å². The van der Waals surface area contributed by atoms with Crippen molar-refractivity contribution in [2.45, 2.75) is 51.0 Å². The van der Waals surface area contributed by atoms with Crippen molar-refractivity contribution in [3.05, 3.63) is 0 Å². The van der Waals surface area contributed by atoms with Crippen molar-refractivity contribution in [3.63, 3.8) is 0 Å². The number of rotatable bonds is 2. The molecule has 20 heavy (non-hydrogen) atoms. The molecule has 2 saturated carbocycles. The molecule has 2 aliphatic heterocycles. The Morgan fingerprint density at radius 1 is 1.10 bits per heavy atom. The van der Waals surface area contributed by atoms with E-state index in [1.54, 1.807) is 0 Å². The van der Waals surface area contributed by atoms with Crippen molar-refractivity contribution < 1.29 is 9.59 Å². The molecule has 4 atom stereocenters. The van der Waals surface area contributed by atoms with Gasteiger partial charge in [0.25, 0.3) is 0 Å². The van der Waals surface area contributed by atoms with E-state index in [0.717, 1.165) is 37.8 Å². The summed E-state index contributed by atoms with van der Waals surface area (Å²) in [5.41, 5.74) is 0. The molecule has 4 unspecified atom stereocenters. The Balaban J connectivity index is 1.43. The zero-order valence-electron chi connectivity index (χ0n) is 12.1. The Morgan fingerprint density at radius 3 is 2.55 bits per heavy atom. The van der Waals surface area contributed by atoms with Gasteiger partial charge in [-0.1, -0.05) is 6.42 Å².